The van der Waals surface area contributed by atoms with Gasteiger partial charge in [0.2, 0.25) is 0 Å². The molecule has 0 amide bonds. The number of hydrogen-bond acceptors (Lipinski definition) is 3. The van der Waals surface area contributed by atoms with Crippen molar-refractivity contribution in [2.45, 2.75) is 25.8 Å². The number of benzene rings is 1. The van der Waals surface area contributed by atoms with Crippen molar-refractivity contribution in [1.29, 1.82) is 0 Å². The summed E-state index contributed by atoms with van der Waals surface area (Å²) in [6.45, 7) is 4.51. The van der Waals surface area contributed by atoms with Gasteiger partial charge in [-0.25, -0.2) is 4.98 Å². The van der Waals surface area contributed by atoms with Gasteiger partial charge in [-0.05, 0) is 36.8 Å². The standard InChI is InChI=1S/C15H16Cl2N2OS/c1-3-20-15(21)14(19-7-6-18-9-19)10(2)12-5-4-11(16)8-13(12)17/h4-10,14H,3H2,1-2H3. The van der Waals surface area contributed by atoms with E-state index in [1.54, 1.807) is 18.6 Å². The van der Waals surface area contributed by atoms with E-state index in [4.69, 9.17) is 40.2 Å². The van der Waals surface area contributed by atoms with Gasteiger partial charge < -0.3 is 9.30 Å². The number of thiocarbonyl (C=S) groups is 1. The van der Waals surface area contributed by atoms with Crippen LogP contribution < -0.4 is 0 Å². The second kappa shape index (κ2) is 7.25. The van der Waals surface area contributed by atoms with Gasteiger partial charge in [-0.3, -0.25) is 0 Å². The molecule has 6 heteroatoms. The summed E-state index contributed by atoms with van der Waals surface area (Å²) in [6.07, 6.45) is 5.32. The van der Waals surface area contributed by atoms with Crippen molar-refractivity contribution in [3.63, 3.8) is 0 Å². The quantitative estimate of drug-likeness (QED) is 0.723. The van der Waals surface area contributed by atoms with E-state index in [2.05, 4.69) is 11.9 Å². The largest absolute Gasteiger partial charge is 0.485 e. The first kappa shape index (κ1) is 16.3. The molecule has 2 unspecified atom stereocenters. The fraction of sp³-hybridized carbons (Fsp3) is 0.333. The van der Waals surface area contributed by atoms with Gasteiger partial charge in [-0.2, -0.15) is 0 Å². The Bertz CT molecular complexity index is 616. The number of ether oxygens (including phenoxy) is 1. The van der Waals surface area contributed by atoms with Crippen molar-refractivity contribution in [2.24, 2.45) is 0 Å². The van der Waals surface area contributed by atoms with Gasteiger partial charge in [0.15, 0.2) is 5.05 Å². The smallest absolute Gasteiger partial charge is 0.183 e. The van der Waals surface area contributed by atoms with Crippen molar-refractivity contribution < 1.29 is 4.74 Å². The molecule has 2 atom stereocenters. The van der Waals surface area contributed by atoms with Crippen LogP contribution >= 0.6 is 35.4 Å². The Labute approximate surface area is 139 Å². The minimum atomic E-state index is -0.152. The van der Waals surface area contributed by atoms with Crippen molar-refractivity contribution >= 4 is 40.5 Å². The average molecular weight is 343 g/mol. The number of imidazole rings is 1. The molecule has 1 aromatic heterocycles. The van der Waals surface area contributed by atoms with Crippen molar-refractivity contribution in [3.8, 4) is 0 Å². The van der Waals surface area contributed by atoms with Crippen LogP contribution in [0.2, 0.25) is 10.0 Å². The number of nitrogens with zero attached hydrogens (tertiary/aromatic N) is 2. The Morgan fingerprint density at radius 3 is 2.76 bits per heavy atom. The molecule has 21 heavy (non-hydrogen) atoms. The average Bonchev–Trinajstić information content (AvgIpc) is 2.92. The Morgan fingerprint density at radius 1 is 1.43 bits per heavy atom. The molecular formula is C15H16Cl2N2OS. The van der Waals surface area contributed by atoms with E-state index in [1.807, 2.05) is 29.8 Å². The molecule has 0 saturated heterocycles. The highest BCUT2D eigenvalue weighted by Crippen LogP contribution is 2.35. The van der Waals surface area contributed by atoms with E-state index in [1.165, 1.54) is 0 Å². The molecule has 112 valence electrons. The Morgan fingerprint density at radius 2 is 2.19 bits per heavy atom. The molecule has 3 nitrogen and oxygen atoms in total. The van der Waals surface area contributed by atoms with Crippen LogP contribution in [0.4, 0.5) is 0 Å². The lowest BCUT2D eigenvalue weighted by Crippen LogP contribution is -2.25. The summed E-state index contributed by atoms with van der Waals surface area (Å²) in [5.74, 6) is 0.0306. The molecule has 1 heterocycles. The second-order valence-electron chi connectivity index (χ2n) is 4.66. The van der Waals surface area contributed by atoms with Crippen molar-refractivity contribution in [3.05, 3.63) is 52.5 Å². The molecule has 1 aromatic carbocycles. The molecule has 0 N–H and O–H groups in total. The van der Waals surface area contributed by atoms with Crippen LogP contribution in [0.1, 0.15) is 31.4 Å². The molecule has 0 aliphatic rings. The lowest BCUT2D eigenvalue weighted by atomic mass is 9.93. The van der Waals surface area contributed by atoms with Crippen LogP contribution in [0.5, 0.6) is 0 Å². The zero-order valence-corrected chi connectivity index (χ0v) is 14.1. The van der Waals surface area contributed by atoms with Gasteiger partial charge in [-0.15, -0.1) is 0 Å². The summed E-state index contributed by atoms with van der Waals surface area (Å²) in [5, 5.41) is 1.76. The summed E-state index contributed by atoms with van der Waals surface area (Å²) < 4.78 is 7.49. The summed E-state index contributed by atoms with van der Waals surface area (Å²) in [6, 6.07) is 5.34. The maximum Gasteiger partial charge on any atom is 0.183 e. The summed E-state index contributed by atoms with van der Waals surface area (Å²) in [4.78, 5) is 4.09. The van der Waals surface area contributed by atoms with E-state index in [0.717, 1.165) is 5.56 Å². The monoisotopic (exact) mass is 342 g/mol. The van der Waals surface area contributed by atoms with E-state index < -0.39 is 0 Å². The normalized spacial score (nSPS) is 13.7. The van der Waals surface area contributed by atoms with Crippen LogP contribution in [-0.2, 0) is 4.74 Å². The van der Waals surface area contributed by atoms with Gasteiger partial charge in [0, 0.05) is 28.4 Å². The third-order valence-corrected chi connectivity index (χ3v) is 4.22. The van der Waals surface area contributed by atoms with E-state index >= 15 is 0 Å². The first-order valence-electron chi connectivity index (χ1n) is 6.63. The van der Waals surface area contributed by atoms with Gasteiger partial charge in [0.05, 0.1) is 12.9 Å². The van der Waals surface area contributed by atoms with Gasteiger partial charge in [-0.1, -0.05) is 36.2 Å². The van der Waals surface area contributed by atoms with Crippen molar-refractivity contribution in [2.75, 3.05) is 6.61 Å². The van der Waals surface area contributed by atoms with Crippen LogP contribution in [0, 0.1) is 0 Å². The Hall–Kier alpha value is -1.10. The van der Waals surface area contributed by atoms with Crippen LogP contribution in [-0.4, -0.2) is 21.2 Å². The molecule has 0 spiro atoms. The summed E-state index contributed by atoms with van der Waals surface area (Å²) in [5.41, 5.74) is 0.974. The fourth-order valence-corrected chi connectivity index (χ4v) is 3.31. The highest BCUT2D eigenvalue weighted by Gasteiger charge is 2.27. The van der Waals surface area contributed by atoms with Crippen LogP contribution in [0.15, 0.2) is 36.9 Å². The third kappa shape index (κ3) is 3.76. The minimum Gasteiger partial charge on any atom is -0.485 e. The van der Waals surface area contributed by atoms with Crippen LogP contribution in [0.3, 0.4) is 0 Å². The molecule has 0 aliphatic carbocycles. The predicted octanol–water partition coefficient (Wildman–Crippen LogP) is 4.90. The number of halogens is 2. The van der Waals surface area contributed by atoms with E-state index in [0.29, 0.717) is 21.7 Å². The maximum absolute atomic E-state index is 6.32. The van der Waals surface area contributed by atoms with Gasteiger partial charge in [0.25, 0.3) is 0 Å². The number of aromatic nitrogens is 2. The van der Waals surface area contributed by atoms with Crippen molar-refractivity contribution in [1.82, 2.24) is 9.55 Å². The first-order valence-corrected chi connectivity index (χ1v) is 7.80. The third-order valence-electron chi connectivity index (χ3n) is 3.30. The minimum absolute atomic E-state index is 0.0306. The Kier molecular flexibility index (Phi) is 5.62. The summed E-state index contributed by atoms with van der Waals surface area (Å²) >= 11 is 17.7. The highest BCUT2D eigenvalue weighted by atomic mass is 35.5. The zero-order chi connectivity index (χ0) is 15.4. The fourth-order valence-electron chi connectivity index (χ4n) is 2.29. The molecule has 0 radical (unpaired) electrons. The lowest BCUT2D eigenvalue weighted by molar-refractivity contribution is 0.301. The Balaban J connectivity index is 2.38. The molecule has 2 aromatic rings. The lowest BCUT2D eigenvalue weighted by Gasteiger charge is -2.26. The number of rotatable bonds is 5. The number of hydrogen-bond donors (Lipinski definition) is 0. The van der Waals surface area contributed by atoms with E-state index in [-0.39, 0.29) is 12.0 Å². The molecule has 0 saturated carbocycles. The zero-order valence-electron chi connectivity index (χ0n) is 11.8. The van der Waals surface area contributed by atoms with E-state index in [9.17, 15) is 0 Å². The maximum atomic E-state index is 6.32. The molecule has 0 fully saturated rings. The van der Waals surface area contributed by atoms with Crippen LogP contribution in [0.25, 0.3) is 0 Å². The van der Waals surface area contributed by atoms with Gasteiger partial charge in [0.1, 0.15) is 6.04 Å². The molecule has 2 rings (SSSR count). The first-order chi connectivity index (χ1) is 10.0. The highest BCUT2D eigenvalue weighted by molar-refractivity contribution is 7.80. The van der Waals surface area contributed by atoms with Gasteiger partial charge >= 0.3 is 0 Å². The second-order valence-corrected chi connectivity index (χ2v) is 5.91. The topological polar surface area (TPSA) is 27.1 Å². The molecule has 0 bridgehead atoms. The molecular weight excluding hydrogens is 327 g/mol. The molecule has 0 aliphatic heterocycles. The summed E-state index contributed by atoms with van der Waals surface area (Å²) in [7, 11) is 0. The predicted molar refractivity (Wildman–Crippen MR) is 90.4 cm³/mol. The SMILES string of the molecule is CCOC(=S)C(C(C)c1ccc(Cl)cc1Cl)n1ccnc1.